The highest BCUT2D eigenvalue weighted by Gasteiger charge is 2.23. The predicted molar refractivity (Wildman–Crippen MR) is 298 cm³/mol. The van der Waals surface area contributed by atoms with Gasteiger partial charge in [0.05, 0.1) is 39.0 Å². The molecule has 10 heteroatoms. The molecule has 0 radical (unpaired) electrons. The van der Waals surface area contributed by atoms with E-state index in [9.17, 15) is 8.78 Å². The van der Waals surface area contributed by atoms with Crippen LogP contribution in [0, 0.1) is 23.5 Å². The Hall–Kier alpha value is -1.82. The van der Waals surface area contributed by atoms with E-state index in [1.807, 2.05) is 45.3 Å². The van der Waals surface area contributed by atoms with Crippen LogP contribution in [-0.2, 0) is 12.8 Å². The Balaban J connectivity index is 1.21. The van der Waals surface area contributed by atoms with Crippen LogP contribution in [-0.4, -0.2) is 9.97 Å². The Morgan fingerprint density at radius 1 is 0.424 bits per heavy atom. The van der Waals surface area contributed by atoms with Gasteiger partial charge >= 0.3 is 0 Å². The first-order valence-electron chi connectivity index (χ1n) is 25.7. The summed E-state index contributed by atoms with van der Waals surface area (Å²) in [7, 11) is 0. The van der Waals surface area contributed by atoms with Crippen molar-refractivity contribution in [1.82, 2.24) is 9.97 Å². The van der Waals surface area contributed by atoms with Gasteiger partial charge in [-0.1, -0.05) is 182 Å². The van der Waals surface area contributed by atoms with Crippen molar-refractivity contribution in [3.63, 3.8) is 0 Å². The molecular formula is C56H72Br2F2N2S4. The molecule has 0 N–H and O–H groups in total. The highest BCUT2D eigenvalue weighted by atomic mass is 79.9. The zero-order valence-corrected chi connectivity index (χ0v) is 46.5. The smallest absolute Gasteiger partial charge is 0.161 e. The highest BCUT2D eigenvalue weighted by Crippen LogP contribution is 2.50. The molecule has 7 rings (SSSR count). The van der Waals surface area contributed by atoms with Crippen LogP contribution in [0.4, 0.5) is 8.78 Å². The molecule has 2 aromatic carbocycles. The summed E-state index contributed by atoms with van der Waals surface area (Å²) in [5.74, 6) is -0.401. The number of rotatable bonds is 30. The molecule has 0 spiro atoms. The molecule has 5 aromatic heterocycles. The van der Waals surface area contributed by atoms with E-state index in [2.05, 4.69) is 83.8 Å². The fourth-order valence-corrected chi connectivity index (χ4v) is 16.0. The largest absolute Gasteiger partial charge is 0.244 e. The molecule has 0 saturated carbocycles. The van der Waals surface area contributed by atoms with Gasteiger partial charge in [0, 0.05) is 42.4 Å². The van der Waals surface area contributed by atoms with Crippen LogP contribution in [0.25, 0.3) is 61.7 Å². The second-order valence-corrected chi connectivity index (χ2v) is 26.0. The molecule has 0 aliphatic rings. The van der Waals surface area contributed by atoms with E-state index in [1.54, 1.807) is 0 Å². The van der Waals surface area contributed by atoms with Crippen molar-refractivity contribution in [1.29, 1.82) is 0 Å². The van der Waals surface area contributed by atoms with Gasteiger partial charge in [-0.05, 0) is 91.9 Å². The second kappa shape index (κ2) is 26.4. The third-order valence-corrected chi connectivity index (χ3v) is 20.5. The van der Waals surface area contributed by atoms with Crippen molar-refractivity contribution in [2.75, 3.05) is 0 Å². The van der Waals surface area contributed by atoms with Crippen LogP contribution in [0.3, 0.4) is 0 Å². The Labute approximate surface area is 427 Å². The van der Waals surface area contributed by atoms with E-state index in [0.29, 0.717) is 22.9 Å². The summed E-state index contributed by atoms with van der Waals surface area (Å²) in [6.07, 6.45) is 34.0. The van der Waals surface area contributed by atoms with Crippen LogP contribution in [0.5, 0.6) is 0 Å². The summed E-state index contributed by atoms with van der Waals surface area (Å²) >= 11 is 15.4. The first-order valence-corrected chi connectivity index (χ1v) is 30.6. The molecule has 0 bridgehead atoms. The number of halogens is 4. The molecule has 358 valence electrons. The average Bonchev–Trinajstić information content (AvgIpc) is 4.11. The third-order valence-electron chi connectivity index (χ3n) is 13.8. The number of fused-ring (bicyclic) bond motifs is 7. The molecule has 0 amide bonds. The number of benzene rings is 2. The SMILES string of the molecule is CCCCCCCCC(CCCCCC)Cc1cc(-c2cc3c4nc5cc(F)c(F)cc5nc4c4cc(-c5cc(CC(CCCCCC)CCCCCCCC)c(Br)s5)sc4c3s2)sc1Br. The van der Waals surface area contributed by atoms with E-state index in [0.717, 1.165) is 34.6 Å². The maximum atomic E-state index is 14.7. The topological polar surface area (TPSA) is 25.8 Å². The normalized spacial score (nSPS) is 13.1. The number of unbranched alkanes of at least 4 members (excludes halogenated alkanes) is 16. The van der Waals surface area contributed by atoms with Crippen LogP contribution in [0.15, 0.2) is 44.0 Å². The molecule has 0 saturated heterocycles. The van der Waals surface area contributed by atoms with Gasteiger partial charge in [0.25, 0.3) is 0 Å². The standard InChI is InChI=1S/C56H72Br2F2N2S4/c1-5-9-13-17-19-23-27-37(25-21-15-11-7-3)29-39-31-47(65-55(39)57)49-33-41-51-52(62-46-36-44(60)43(59)35-45(46)61-51)42-34-50(64-54(42)53(41)63-49)48-32-40(56(58)66-48)30-38(26-22-16-12-8-4)28-24-20-18-14-10-6-2/h31-38H,5-30H2,1-4H3. The average molecular weight is 1100 g/mol. The quantitative estimate of drug-likeness (QED) is 0.0331. The van der Waals surface area contributed by atoms with E-state index >= 15 is 0 Å². The van der Waals surface area contributed by atoms with Gasteiger partial charge in [0.15, 0.2) is 11.6 Å². The van der Waals surface area contributed by atoms with Crippen molar-refractivity contribution in [3.8, 4) is 19.5 Å². The van der Waals surface area contributed by atoms with Gasteiger partial charge in [-0.2, -0.15) is 0 Å². The summed E-state index contributed by atoms with van der Waals surface area (Å²) < 4.78 is 34.2. The number of hydrogen-bond donors (Lipinski definition) is 0. The lowest BCUT2D eigenvalue weighted by molar-refractivity contribution is 0.402. The lowest BCUT2D eigenvalue weighted by Gasteiger charge is -2.17. The van der Waals surface area contributed by atoms with Crippen LogP contribution in [0.1, 0.15) is 193 Å². The van der Waals surface area contributed by atoms with E-state index in [4.69, 9.17) is 9.97 Å². The highest BCUT2D eigenvalue weighted by molar-refractivity contribution is 9.11. The maximum absolute atomic E-state index is 14.7. The fraction of sp³-hybridized carbons (Fsp3) is 0.571. The van der Waals surface area contributed by atoms with Crippen LogP contribution >= 0.6 is 77.2 Å². The second-order valence-electron chi connectivity index (χ2n) is 19.2. The van der Waals surface area contributed by atoms with Crippen molar-refractivity contribution in [2.45, 2.75) is 195 Å². The Morgan fingerprint density at radius 3 is 1.11 bits per heavy atom. The molecule has 0 aliphatic carbocycles. The number of aromatic nitrogens is 2. The fourth-order valence-electron chi connectivity index (χ4n) is 9.94. The molecule has 0 aliphatic heterocycles. The van der Waals surface area contributed by atoms with E-state index in [-0.39, 0.29) is 0 Å². The monoisotopic (exact) mass is 1100 g/mol. The number of thiophene rings is 4. The summed E-state index contributed by atoms with van der Waals surface area (Å²) in [5, 5.41) is 2.06. The maximum Gasteiger partial charge on any atom is 0.161 e. The number of hydrogen-bond acceptors (Lipinski definition) is 6. The van der Waals surface area contributed by atoms with Gasteiger partial charge in [0.2, 0.25) is 0 Å². The minimum absolute atomic E-state index is 0.374. The third kappa shape index (κ3) is 13.7. The van der Waals surface area contributed by atoms with Crippen molar-refractivity contribution >= 4 is 119 Å². The number of nitrogens with zero attached hydrogens (tertiary/aromatic N) is 2. The van der Waals surface area contributed by atoms with Gasteiger partial charge in [-0.25, -0.2) is 18.7 Å². The summed E-state index contributed by atoms with van der Waals surface area (Å²) in [5.41, 5.74) is 5.09. The zero-order chi connectivity index (χ0) is 46.4. The van der Waals surface area contributed by atoms with Gasteiger partial charge in [-0.15, -0.1) is 45.3 Å². The molecule has 0 fully saturated rings. The molecule has 2 unspecified atom stereocenters. The van der Waals surface area contributed by atoms with Crippen LogP contribution < -0.4 is 0 Å². The molecule has 66 heavy (non-hydrogen) atoms. The molecule has 2 nitrogen and oxygen atoms in total. The summed E-state index contributed by atoms with van der Waals surface area (Å²) in [4.78, 5) is 15.1. The van der Waals surface area contributed by atoms with Gasteiger partial charge in [-0.3, -0.25) is 0 Å². The van der Waals surface area contributed by atoms with E-state index < -0.39 is 11.6 Å². The van der Waals surface area contributed by atoms with Crippen molar-refractivity contribution in [3.05, 3.63) is 66.7 Å². The Morgan fingerprint density at radius 2 is 0.742 bits per heavy atom. The lowest BCUT2D eigenvalue weighted by atomic mass is 9.89. The van der Waals surface area contributed by atoms with Gasteiger partial charge < -0.3 is 0 Å². The van der Waals surface area contributed by atoms with Crippen molar-refractivity contribution in [2.24, 2.45) is 11.8 Å². The first-order chi connectivity index (χ1) is 32.2. The summed E-state index contributed by atoms with van der Waals surface area (Å²) in [6, 6.07) is 11.8. The van der Waals surface area contributed by atoms with Crippen LogP contribution in [0.2, 0.25) is 0 Å². The predicted octanol–water partition coefficient (Wildman–Crippen LogP) is 22.2. The molecule has 5 heterocycles. The Bertz CT molecular complexity index is 2430. The minimum Gasteiger partial charge on any atom is -0.244 e. The Kier molecular flexibility index (Phi) is 20.8. The minimum atomic E-state index is -0.900. The zero-order valence-electron chi connectivity index (χ0n) is 40.0. The van der Waals surface area contributed by atoms with Crippen molar-refractivity contribution < 1.29 is 8.78 Å². The summed E-state index contributed by atoms with van der Waals surface area (Å²) in [6.45, 7) is 9.19. The molecule has 2 atom stereocenters. The molecule has 7 aromatic rings. The van der Waals surface area contributed by atoms with E-state index in [1.165, 1.54) is 214 Å². The first kappa shape index (κ1) is 52.0. The van der Waals surface area contributed by atoms with Gasteiger partial charge in [0.1, 0.15) is 0 Å². The lowest BCUT2D eigenvalue weighted by Crippen LogP contribution is -2.05. The molecular weight excluding hydrogens is 1030 g/mol.